The second kappa shape index (κ2) is 8.07. The summed E-state index contributed by atoms with van der Waals surface area (Å²) in [4.78, 5) is 12.6. The van der Waals surface area contributed by atoms with Gasteiger partial charge < -0.3 is 14.8 Å². The van der Waals surface area contributed by atoms with Crippen LogP contribution in [0.25, 0.3) is 0 Å². The maximum Gasteiger partial charge on any atom is 0.333 e. The molecule has 8 heteroatoms. The smallest absolute Gasteiger partial charge is 0.333 e. The maximum atomic E-state index is 12.6. The van der Waals surface area contributed by atoms with Gasteiger partial charge in [-0.3, -0.25) is 0 Å². The molecule has 0 saturated heterocycles. The zero-order valence-electron chi connectivity index (χ0n) is 18.0. The standard InChI is InChI=1S/C22H30N2O5S/c1-13(2)17-7-6-8-18(14(3)15-9-10-15)20(17)23-21(25)24-30(27,28)19-11-16(12-29-19)22(4,5)26/h6-8,11-15,26H,9-10H2,1-5H3,(H2,23,24,25). The molecule has 1 saturated carbocycles. The number of urea groups is 1. The number of carbonyl (C=O) groups excluding carboxylic acids is 1. The van der Waals surface area contributed by atoms with Crippen molar-refractivity contribution in [3.8, 4) is 0 Å². The molecule has 7 nitrogen and oxygen atoms in total. The van der Waals surface area contributed by atoms with E-state index in [0.717, 1.165) is 30.2 Å². The van der Waals surface area contributed by atoms with Crippen LogP contribution in [0.3, 0.4) is 0 Å². The molecule has 3 N–H and O–H groups in total. The van der Waals surface area contributed by atoms with E-state index in [0.29, 0.717) is 17.2 Å². The minimum Gasteiger partial charge on any atom is -0.451 e. The highest BCUT2D eigenvalue weighted by Crippen LogP contribution is 2.45. The van der Waals surface area contributed by atoms with Crippen molar-refractivity contribution in [2.24, 2.45) is 5.92 Å². The minimum absolute atomic E-state index is 0.155. The first-order chi connectivity index (χ1) is 13.9. The molecule has 2 amide bonds. The highest BCUT2D eigenvalue weighted by atomic mass is 32.2. The molecule has 1 unspecified atom stereocenters. The minimum atomic E-state index is -4.23. The van der Waals surface area contributed by atoms with Gasteiger partial charge in [-0.05, 0) is 55.6 Å². The van der Waals surface area contributed by atoms with Gasteiger partial charge in [-0.2, -0.15) is 8.42 Å². The van der Waals surface area contributed by atoms with Crippen LogP contribution in [0.2, 0.25) is 0 Å². The van der Waals surface area contributed by atoms with Crippen molar-refractivity contribution in [2.75, 3.05) is 5.32 Å². The molecule has 1 aliphatic carbocycles. The molecule has 1 fully saturated rings. The SMILES string of the molecule is CC(C)c1cccc(C(C)C2CC2)c1NC(=O)NS(=O)(=O)c1cc(C(C)(C)O)co1. The Hall–Kier alpha value is -2.32. The normalized spacial score (nSPS) is 15.8. The number of para-hydroxylation sites is 1. The van der Waals surface area contributed by atoms with Crippen LogP contribution < -0.4 is 10.0 Å². The number of aliphatic hydroxyl groups is 1. The fraction of sp³-hybridized carbons (Fsp3) is 0.500. The van der Waals surface area contributed by atoms with Crippen molar-refractivity contribution in [3.63, 3.8) is 0 Å². The molecule has 0 aliphatic heterocycles. The molecule has 3 rings (SSSR count). The number of rotatable bonds is 7. The average Bonchev–Trinajstić information content (AvgIpc) is 3.34. The Morgan fingerprint density at radius 3 is 2.37 bits per heavy atom. The Kier molecular flexibility index (Phi) is 6.02. The summed E-state index contributed by atoms with van der Waals surface area (Å²) >= 11 is 0. The molecular weight excluding hydrogens is 404 g/mol. The third kappa shape index (κ3) is 4.87. The van der Waals surface area contributed by atoms with Gasteiger partial charge in [0.2, 0.25) is 5.09 Å². The van der Waals surface area contributed by atoms with Gasteiger partial charge in [-0.1, -0.05) is 39.0 Å². The number of nitrogens with one attached hydrogen (secondary N) is 2. The van der Waals surface area contributed by atoms with E-state index in [4.69, 9.17) is 4.42 Å². The third-order valence-corrected chi connectivity index (χ3v) is 6.78. The van der Waals surface area contributed by atoms with Gasteiger partial charge in [-0.25, -0.2) is 9.52 Å². The van der Waals surface area contributed by atoms with Crippen molar-refractivity contribution in [1.29, 1.82) is 0 Å². The largest absolute Gasteiger partial charge is 0.451 e. The van der Waals surface area contributed by atoms with Gasteiger partial charge in [0.1, 0.15) is 0 Å². The molecule has 0 spiro atoms. The Morgan fingerprint density at radius 2 is 1.83 bits per heavy atom. The van der Waals surface area contributed by atoms with Gasteiger partial charge in [0.05, 0.1) is 11.9 Å². The molecule has 30 heavy (non-hydrogen) atoms. The van der Waals surface area contributed by atoms with E-state index in [-0.39, 0.29) is 11.8 Å². The van der Waals surface area contributed by atoms with Crippen LogP contribution in [0.5, 0.6) is 0 Å². The Bertz CT molecular complexity index is 1030. The average molecular weight is 435 g/mol. The van der Waals surface area contributed by atoms with E-state index in [9.17, 15) is 18.3 Å². The topological polar surface area (TPSA) is 109 Å². The predicted molar refractivity (Wildman–Crippen MR) is 115 cm³/mol. The van der Waals surface area contributed by atoms with Gasteiger partial charge in [0.15, 0.2) is 0 Å². The fourth-order valence-electron chi connectivity index (χ4n) is 3.53. The number of hydrogen-bond acceptors (Lipinski definition) is 5. The van der Waals surface area contributed by atoms with Crippen molar-refractivity contribution >= 4 is 21.7 Å². The molecule has 1 aromatic carbocycles. The molecule has 1 aromatic heterocycles. The van der Waals surface area contributed by atoms with Crippen LogP contribution in [0.1, 0.15) is 76.0 Å². The summed E-state index contributed by atoms with van der Waals surface area (Å²) < 4.78 is 32.3. The first-order valence-electron chi connectivity index (χ1n) is 10.2. The van der Waals surface area contributed by atoms with E-state index in [2.05, 4.69) is 12.2 Å². The molecule has 0 bridgehead atoms. The maximum absolute atomic E-state index is 12.6. The summed E-state index contributed by atoms with van der Waals surface area (Å²) in [6, 6.07) is 6.26. The summed E-state index contributed by atoms with van der Waals surface area (Å²) in [5.74, 6) is 1.01. The van der Waals surface area contributed by atoms with E-state index in [1.807, 2.05) is 36.8 Å². The van der Waals surface area contributed by atoms with Crippen LogP contribution in [-0.2, 0) is 15.6 Å². The van der Waals surface area contributed by atoms with Crippen LogP contribution in [0, 0.1) is 5.92 Å². The molecule has 1 aliphatic rings. The van der Waals surface area contributed by atoms with Crippen molar-refractivity contribution in [2.45, 2.75) is 70.0 Å². The predicted octanol–water partition coefficient (Wildman–Crippen LogP) is 4.65. The Labute approximate surface area is 177 Å². The first kappa shape index (κ1) is 22.4. The number of carbonyl (C=O) groups is 1. The van der Waals surface area contributed by atoms with E-state index >= 15 is 0 Å². The number of hydrogen-bond donors (Lipinski definition) is 3. The van der Waals surface area contributed by atoms with Gasteiger partial charge in [-0.15, -0.1) is 0 Å². The second-order valence-electron chi connectivity index (χ2n) is 8.87. The molecule has 2 aromatic rings. The Balaban J connectivity index is 1.84. The lowest BCUT2D eigenvalue weighted by Gasteiger charge is -2.22. The molecular formula is C22H30N2O5S. The van der Waals surface area contributed by atoms with Crippen LogP contribution in [-0.4, -0.2) is 19.6 Å². The first-order valence-corrected chi connectivity index (χ1v) is 11.7. The van der Waals surface area contributed by atoms with Crippen molar-refractivity contribution < 1.29 is 22.7 Å². The molecule has 0 radical (unpaired) electrons. The van der Waals surface area contributed by atoms with E-state index in [1.54, 1.807) is 0 Å². The Morgan fingerprint density at radius 1 is 1.20 bits per heavy atom. The van der Waals surface area contributed by atoms with Gasteiger partial charge in [0.25, 0.3) is 10.0 Å². The quantitative estimate of drug-likeness (QED) is 0.587. The summed E-state index contributed by atoms with van der Waals surface area (Å²) in [6.07, 6.45) is 3.49. The highest BCUT2D eigenvalue weighted by molar-refractivity contribution is 7.89. The van der Waals surface area contributed by atoms with Crippen molar-refractivity contribution in [3.05, 3.63) is 47.2 Å². The lowest BCUT2D eigenvalue weighted by atomic mass is 9.89. The van der Waals surface area contributed by atoms with E-state index in [1.165, 1.54) is 19.9 Å². The number of sulfonamides is 1. The molecule has 1 atom stereocenters. The second-order valence-corrected chi connectivity index (χ2v) is 10.5. The van der Waals surface area contributed by atoms with Crippen LogP contribution in [0.15, 0.2) is 40.0 Å². The lowest BCUT2D eigenvalue weighted by Crippen LogP contribution is -2.35. The lowest BCUT2D eigenvalue weighted by molar-refractivity contribution is 0.0779. The monoisotopic (exact) mass is 434 g/mol. The zero-order valence-corrected chi connectivity index (χ0v) is 18.8. The molecule has 1 heterocycles. The zero-order chi connectivity index (χ0) is 22.3. The van der Waals surface area contributed by atoms with Gasteiger partial charge >= 0.3 is 6.03 Å². The van der Waals surface area contributed by atoms with E-state index < -0.39 is 26.7 Å². The number of amides is 2. The van der Waals surface area contributed by atoms with Crippen LogP contribution >= 0.6 is 0 Å². The van der Waals surface area contributed by atoms with Gasteiger partial charge in [0, 0.05) is 17.3 Å². The van der Waals surface area contributed by atoms with Crippen molar-refractivity contribution in [1.82, 2.24) is 4.72 Å². The molecule has 164 valence electrons. The fourth-order valence-corrected chi connectivity index (χ4v) is 4.39. The summed E-state index contributed by atoms with van der Waals surface area (Å²) in [7, 11) is -4.23. The summed E-state index contributed by atoms with van der Waals surface area (Å²) in [6.45, 7) is 9.22. The summed E-state index contributed by atoms with van der Waals surface area (Å²) in [5, 5.41) is 12.3. The summed E-state index contributed by atoms with van der Waals surface area (Å²) in [5.41, 5.74) is 1.67. The number of anilines is 1. The highest BCUT2D eigenvalue weighted by Gasteiger charge is 2.32. The number of benzene rings is 1. The number of furan rings is 1. The van der Waals surface area contributed by atoms with Crippen LogP contribution in [0.4, 0.5) is 10.5 Å². The third-order valence-electron chi connectivity index (χ3n) is 5.58.